The van der Waals surface area contributed by atoms with Crippen LogP contribution >= 0.6 is 0 Å². The molecule has 0 amide bonds. The van der Waals surface area contributed by atoms with Crippen LogP contribution in [0.1, 0.15) is 12.8 Å². The molecule has 0 saturated carbocycles. The predicted molar refractivity (Wildman–Crippen MR) is 76.1 cm³/mol. The largest absolute Gasteiger partial charge is 0.381 e. The van der Waals surface area contributed by atoms with Gasteiger partial charge >= 0.3 is 0 Å². The molecule has 104 valence electrons. The fourth-order valence-corrected chi connectivity index (χ4v) is 2.61. The van der Waals surface area contributed by atoms with Crippen molar-refractivity contribution < 1.29 is 14.2 Å². The van der Waals surface area contributed by atoms with Crippen molar-refractivity contribution in [3.63, 3.8) is 0 Å². The van der Waals surface area contributed by atoms with Crippen molar-refractivity contribution in [2.75, 3.05) is 27.4 Å². The third-order valence-electron chi connectivity index (χ3n) is 3.40. The lowest BCUT2D eigenvalue weighted by atomic mass is 9.90. The van der Waals surface area contributed by atoms with E-state index in [1.165, 1.54) is 0 Å². The highest BCUT2D eigenvalue weighted by molar-refractivity contribution is 5.23. The highest BCUT2D eigenvalue weighted by Gasteiger charge is 2.39. The Kier molecular flexibility index (Phi) is 4.75. The summed E-state index contributed by atoms with van der Waals surface area (Å²) < 4.78 is 17.2. The van der Waals surface area contributed by atoms with Gasteiger partial charge in [-0.05, 0) is 0 Å². The maximum Gasteiger partial charge on any atom is 0.114 e. The summed E-state index contributed by atoms with van der Waals surface area (Å²) in [7, 11) is 3.41. The highest BCUT2D eigenvalue weighted by Crippen LogP contribution is 2.33. The van der Waals surface area contributed by atoms with E-state index in [2.05, 4.69) is 24.3 Å². The van der Waals surface area contributed by atoms with Gasteiger partial charge in [-0.25, -0.2) is 0 Å². The summed E-state index contributed by atoms with van der Waals surface area (Å²) in [5.74, 6) is 0. The number of hydrogen-bond donors (Lipinski definition) is 0. The third kappa shape index (κ3) is 3.44. The van der Waals surface area contributed by atoms with E-state index in [4.69, 9.17) is 14.2 Å². The van der Waals surface area contributed by atoms with Crippen LogP contribution < -0.4 is 0 Å². The number of allylic oxidation sites excluding steroid dienone is 4. The van der Waals surface area contributed by atoms with Gasteiger partial charge in [0.25, 0.3) is 0 Å². The number of rotatable bonds is 6. The summed E-state index contributed by atoms with van der Waals surface area (Å²) >= 11 is 0. The predicted octanol–water partition coefficient (Wildman–Crippen LogP) is 2.81. The second kappa shape index (κ2) is 6.33. The van der Waals surface area contributed by atoms with Crippen molar-refractivity contribution in [1.29, 1.82) is 0 Å². The summed E-state index contributed by atoms with van der Waals surface area (Å²) in [6.45, 7) is 1.08. The molecule has 0 heterocycles. The van der Waals surface area contributed by atoms with Crippen LogP contribution in [0.5, 0.6) is 0 Å². The highest BCUT2D eigenvalue weighted by atomic mass is 16.6. The molecule has 0 bridgehead atoms. The third-order valence-corrected chi connectivity index (χ3v) is 3.40. The zero-order valence-corrected chi connectivity index (χ0v) is 11.7. The van der Waals surface area contributed by atoms with Crippen LogP contribution in [0.2, 0.25) is 0 Å². The van der Waals surface area contributed by atoms with Crippen molar-refractivity contribution in [2.24, 2.45) is 0 Å². The molecule has 3 heteroatoms. The van der Waals surface area contributed by atoms with Crippen molar-refractivity contribution >= 4 is 0 Å². The SMILES string of the molecule is COCC1(OC2(COC)C=CC=CC2)C=CC=CC1. The lowest BCUT2D eigenvalue weighted by molar-refractivity contribution is -0.152. The van der Waals surface area contributed by atoms with Crippen LogP contribution in [0.3, 0.4) is 0 Å². The quantitative estimate of drug-likeness (QED) is 0.736. The molecule has 2 unspecified atom stereocenters. The van der Waals surface area contributed by atoms with E-state index < -0.39 is 11.2 Å². The van der Waals surface area contributed by atoms with E-state index in [1.54, 1.807) is 14.2 Å². The normalized spacial score (nSPS) is 32.9. The second-order valence-corrected chi connectivity index (χ2v) is 5.08. The van der Waals surface area contributed by atoms with Gasteiger partial charge in [0.2, 0.25) is 0 Å². The van der Waals surface area contributed by atoms with Gasteiger partial charge in [0.15, 0.2) is 0 Å². The molecule has 0 saturated heterocycles. The van der Waals surface area contributed by atoms with Crippen LogP contribution in [-0.2, 0) is 14.2 Å². The topological polar surface area (TPSA) is 27.7 Å². The Morgan fingerprint density at radius 3 is 1.58 bits per heavy atom. The van der Waals surface area contributed by atoms with Crippen molar-refractivity contribution in [1.82, 2.24) is 0 Å². The Hall–Kier alpha value is -1.16. The Bertz CT molecular complexity index is 370. The van der Waals surface area contributed by atoms with Crippen molar-refractivity contribution in [3.05, 3.63) is 48.6 Å². The molecule has 0 aromatic rings. The Morgan fingerprint density at radius 1 is 0.789 bits per heavy atom. The molecule has 0 aromatic heterocycles. The fourth-order valence-electron chi connectivity index (χ4n) is 2.61. The van der Waals surface area contributed by atoms with E-state index in [-0.39, 0.29) is 0 Å². The Balaban J connectivity index is 2.18. The zero-order chi connectivity index (χ0) is 13.6. The van der Waals surface area contributed by atoms with Gasteiger partial charge in [-0.2, -0.15) is 0 Å². The first-order chi connectivity index (χ1) is 9.24. The van der Waals surface area contributed by atoms with E-state index in [0.717, 1.165) is 12.8 Å². The van der Waals surface area contributed by atoms with E-state index >= 15 is 0 Å². The fraction of sp³-hybridized carbons (Fsp3) is 0.500. The maximum absolute atomic E-state index is 6.46. The minimum atomic E-state index is -0.405. The molecule has 0 aliphatic heterocycles. The standard InChI is InChI=1S/C16H22O3/c1-17-13-15(9-5-3-6-10-15)19-16(14-18-2)11-7-4-8-12-16/h3-9,11H,10,12-14H2,1-2H3. The minimum absolute atomic E-state index is 0.405. The molecule has 0 N–H and O–H groups in total. The van der Waals surface area contributed by atoms with Gasteiger partial charge in [0.05, 0.1) is 13.2 Å². The second-order valence-electron chi connectivity index (χ2n) is 5.08. The molecule has 2 aliphatic rings. The van der Waals surface area contributed by atoms with Crippen molar-refractivity contribution in [3.8, 4) is 0 Å². The molecule has 19 heavy (non-hydrogen) atoms. The monoisotopic (exact) mass is 262 g/mol. The van der Waals surface area contributed by atoms with Gasteiger partial charge in [-0.3, -0.25) is 0 Å². The molecule has 0 aromatic carbocycles. The first kappa shape index (κ1) is 14.3. The Labute approximate surface area is 115 Å². The average Bonchev–Trinajstić information content (AvgIpc) is 2.41. The van der Waals surface area contributed by atoms with Crippen LogP contribution in [0.4, 0.5) is 0 Å². The van der Waals surface area contributed by atoms with Crippen molar-refractivity contribution in [2.45, 2.75) is 24.0 Å². The molecule has 3 nitrogen and oxygen atoms in total. The van der Waals surface area contributed by atoms with Crippen LogP contribution in [0, 0.1) is 0 Å². The number of hydrogen-bond acceptors (Lipinski definition) is 3. The van der Waals surface area contributed by atoms with Crippen LogP contribution in [0.25, 0.3) is 0 Å². The summed E-state index contributed by atoms with van der Waals surface area (Å²) in [5, 5.41) is 0. The van der Waals surface area contributed by atoms with Gasteiger partial charge in [0.1, 0.15) is 11.2 Å². The summed E-state index contributed by atoms with van der Waals surface area (Å²) in [5.41, 5.74) is -0.810. The molecule has 2 atom stereocenters. The smallest absolute Gasteiger partial charge is 0.114 e. The molecular weight excluding hydrogens is 240 g/mol. The van der Waals surface area contributed by atoms with E-state index in [0.29, 0.717) is 13.2 Å². The Morgan fingerprint density at radius 2 is 1.26 bits per heavy atom. The minimum Gasteiger partial charge on any atom is -0.381 e. The molecule has 0 fully saturated rings. The molecule has 0 spiro atoms. The van der Waals surface area contributed by atoms with Gasteiger partial charge in [-0.1, -0.05) is 48.6 Å². The van der Waals surface area contributed by atoms with Gasteiger partial charge in [-0.15, -0.1) is 0 Å². The first-order valence-corrected chi connectivity index (χ1v) is 6.61. The zero-order valence-electron chi connectivity index (χ0n) is 11.7. The summed E-state index contributed by atoms with van der Waals surface area (Å²) in [4.78, 5) is 0. The molecule has 0 radical (unpaired) electrons. The molecule has 2 rings (SSSR count). The molecular formula is C16H22O3. The van der Waals surface area contributed by atoms with Gasteiger partial charge < -0.3 is 14.2 Å². The van der Waals surface area contributed by atoms with Gasteiger partial charge in [0, 0.05) is 27.1 Å². The molecule has 2 aliphatic carbocycles. The lowest BCUT2D eigenvalue weighted by Crippen LogP contribution is -2.48. The van der Waals surface area contributed by atoms with E-state index in [9.17, 15) is 0 Å². The lowest BCUT2D eigenvalue weighted by Gasteiger charge is -2.41. The number of ether oxygens (including phenoxy) is 3. The average molecular weight is 262 g/mol. The van der Waals surface area contributed by atoms with E-state index in [1.807, 2.05) is 24.3 Å². The first-order valence-electron chi connectivity index (χ1n) is 6.61. The summed E-state index contributed by atoms with van der Waals surface area (Å²) in [6.07, 6.45) is 18.1. The van der Waals surface area contributed by atoms with Crippen LogP contribution in [-0.4, -0.2) is 38.6 Å². The number of methoxy groups -OCH3 is 2. The maximum atomic E-state index is 6.46. The summed E-state index contributed by atoms with van der Waals surface area (Å²) in [6, 6.07) is 0. The van der Waals surface area contributed by atoms with Crippen LogP contribution in [0.15, 0.2) is 48.6 Å².